The molecule has 4 nitrogen and oxygen atoms in total. The van der Waals surface area contributed by atoms with Crippen LogP contribution in [0.5, 0.6) is 0 Å². The van der Waals surface area contributed by atoms with Gasteiger partial charge in [0.25, 0.3) is 0 Å². The maximum absolute atomic E-state index is 11.0. The number of aromatic nitrogens is 2. The molecule has 5 aromatic rings. The summed E-state index contributed by atoms with van der Waals surface area (Å²) in [6, 6.07) is 36.8. The van der Waals surface area contributed by atoms with E-state index in [0.29, 0.717) is 0 Å². The zero-order valence-electron chi connectivity index (χ0n) is 20.0. The average Bonchev–Trinajstić information content (AvgIpc) is 3.32. The van der Waals surface area contributed by atoms with Crippen LogP contribution in [0.4, 0.5) is 0 Å². The Morgan fingerprint density at radius 3 is 2.11 bits per heavy atom. The van der Waals surface area contributed by atoms with Crippen molar-refractivity contribution in [1.82, 2.24) is 9.78 Å². The molecule has 0 radical (unpaired) electrons. The van der Waals surface area contributed by atoms with Crippen molar-refractivity contribution in [2.45, 2.75) is 20.8 Å². The third-order valence-corrected chi connectivity index (χ3v) is 6.17. The van der Waals surface area contributed by atoms with Crippen LogP contribution >= 0.6 is 0 Å². The van der Waals surface area contributed by atoms with Gasteiger partial charge in [-0.25, -0.2) is 9.48 Å². The summed E-state index contributed by atoms with van der Waals surface area (Å²) in [5.41, 5.74) is 9.26. The molecule has 5 rings (SSSR count). The lowest BCUT2D eigenvalue weighted by Crippen LogP contribution is -2.04. The molecule has 0 unspecified atom stereocenters. The molecule has 4 heteroatoms. The summed E-state index contributed by atoms with van der Waals surface area (Å²) < 4.78 is 2.07. The normalized spacial score (nSPS) is 10.8. The first-order valence-corrected chi connectivity index (χ1v) is 12.0. The molecule has 184 valence electrons. The van der Waals surface area contributed by atoms with Crippen LogP contribution in [-0.4, -0.2) is 20.9 Å². The van der Waals surface area contributed by atoms with E-state index < -0.39 is 5.97 Å². The highest BCUT2D eigenvalue weighted by molar-refractivity contribution is 5.86. The smallest absolute Gasteiger partial charge is 0.328 e. The van der Waals surface area contributed by atoms with Gasteiger partial charge in [0.05, 0.1) is 11.4 Å². The van der Waals surface area contributed by atoms with Crippen molar-refractivity contribution in [1.29, 1.82) is 0 Å². The van der Waals surface area contributed by atoms with Crippen LogP contribution in [0.3, 0.4) is 0 Å². The maximum atomic E-state index is 11.0. The van der Waals surface area contributed by atoms with Crippen molar-refractivity contribution in [3.8, 4) is 39.2 Å². The summed E-state index contributed by atoms with van der Waals surface area (Å²) in [6.45, 7) is 2.16. The van der Waals surface area contributed by atoms with Crippen LogP contribution in [0.25, 0.3) is 45.3 Å². The first kappa shape index (κ1) is 25.4. The number of hydrogen-bond acceptors (Lipinski definition) is 2. The Balaban J connectivity index is 0.00000320. The van der Waals surface area contributed by atoms with Crippen molar-refractivity contribution in [3.05, 3.63) is 127 Å². The highest BCUT2D eigenvalue weighted by atomic mass is 16.4. The molecule has 0 saturated carbocycles. The molecule has 0 amide bonds. The quantitative estimate of drug-likeness (QED) is 0.236. The fourth-order valence-electron chi connectivity index (χ4n) is 4.56. The summed E-state index contributed by atoms with van der Waals surface area (Å²) >= 11 is 0. The third kappa shape index (κ3) is 5.29. The second-order valence-electron chi connectivity index (χ2n) is 8.48. The Hall–Kier alpha value is -4.70. The molecule has 1 aromatic heterocycles. The maximum Gasteiger partial charge on any atom is 0.328 e. The van der Waals surface area contributed by atoms with Crippen LogP contribution in [-0.2, 0) is 11.2 Å². The lowest BCUT2D eigenvalue weighted by molar-refractivity contribution is -0.131. The van der Waals surface area contributed by atoms with Gasteiger partial charge >= 0.3 is 5.97 Å². The van der Waals surface area contributed by atoms with E-state index in [1.165, 1.54) is 0 Å². The number of hydrogen-bond donors (Lipinski definition) is 1. The minimum Gasteiger partial charge on any atom is -0.478 e. The fourth-order valence-corrected chi connectivity index (χ4v) is 4.56. The molecule has 1 heterocycles. The summed E-state index contributed by atoms with van der Waals surface area (Å²) in [5, 5.41) is 14.2. The summed E-state index contributed by atoms with van der Waals surface area (Å²) in [7, 11) is 0. The molecular weight excluding hydrogens is 456 g/mol. The molecule has 0 aliphatic rings. The van der Waals surface area contributed by atoms with Crippen molar-refractivity contribution in [2.75, 3.05) is 0 Å². The second-order valence-corrected chi connectivity index (χ2v) is 8.48. The van der Waals surface area contributed by atoms with Crippen molar-refractivity contribution in [3.63, 3.8) is 0 Å². The minimum atomic E-state index is -0.966. The zero-order chi connectivity index (χ0) is 24.9. The molecule has 0 fully saturated rings. The lowest BCUT2D eigenvalue weighted by atomic mass is 9.97. The molecule has 0 spiro atoms. The van der Waals surface area contributed by atoms with Gasteiger partial charge in [0.1, 0.15) is 5.69 Å². The minimum absolute atomic E-state index is 0. The van der Waals surface area contributed by atoms with Gasteiger partial charge < -0.3 is 5.11 Å². The van der Waals surface area contributed by atoms with E-state index >= 15 is 0 Å². The number of benzene rings is 4. The van der Waals surface area contributed by atoms with E-state index in [4.69, 9.17) is 10.2 Å². The van der Waals surface area contributed by atoms with Crippen molar-refractivity contribution >= 4 is 12.0 Å². The second kappa shape index (κ2) is 11.4. The van der Waals surface area contributed by atoms with Gasteiger partial charge in [-0.3, -0.25) is 0 Å². The van der Waals surface area contributed by atoms with Gasteiger partial charge in [0, 0.05) is 22.8 Å². The Morgan fingerprint density at radius 2 is 1.43 bits per heavy atom. The summed E-state index contributed by atoms with van der Waals surface area (Å²) in [5.74, 6) is -0.966. The SMILES string of the molecule is C.CCc1c(-c2ccccc2)c(-c2ccccc2)nn1-c1ccccc1-c1cccc(/C=C/C(=O)O)c1. The van der Waals surface area contributed by atoms with Crippen LogP contribution in [0.15, 0.2) is 115 Å². The molecule has 0 aliphatic carbocycles. The predicted molar refractivity (Wildman–Crippen MR) is 153 cm³/mol. The van der Waals surface area contributed by atoms with Gasteiger partial charge in [-0.2, -0.15) is 5.10 Å². The molecule has 37 heavy (non-hydrogen) atoms. The van der Waals surface area contributed by atoms with Gasteiger partial charge in [-0.05, 0) is 41.3 Å². The predicted octanol–water partition coefficient (Wildman–Crippen LogP) is 8.17. The Morgan fingerprint density at radius 1 is 0.811 bits per heavy atom. The summed E-state index contributed by atoms with van der Waals surface area (Å²) in [6.07, 6.45) is 3.58. The first-order valence-electron chi connectivity index (χ1n) is 12.0. The fraction of sp³-hybridized carbons (Fsp3) is 0.0909. The topological polar surface area (TPSA) is 55.1 Å². The number of carbonyl (C=O) groups is 1. The Labute approximate surface area is 218 Å². The number of carboxylic acid groups (broad SMARTS) is 1. The largest absolute Gasteiger partial charge is 0.478 e. The monoisotopic (exact) mass is 486 g/mol. The van der Waals surface area contributed by atoms with Crippen LogP contribution in [0.2, 0.25) is 0 Å². The van der Waals surface area contributed by atoms with Gasteiger partial charge in [0.15, 0.2) is 0 Å². The molecule has 0 saturated heterocycles. The lowest BCUT2D eigenvalue weighted by Gasteiger charge is -2.14. The van der Waals surface area contributed by atoms with Crippen LogP contribution < -0.4 is 0 Å². The zero-order valence-corrected chi connectivity index (χ0v) is 20.0. The number of aliphatic carboxylic acids is 1. The van der Waals surface area contributed by atoms with E-state index in [0.717, 1.165) is 63.0 Å². The van der Waals surface area contributed by atoms with Gasteiger partial charge in [-0.1, -0.05) is 111 Å². The highest BCUT2D eigenvalue weighted by Gasteiger charge is 2.22. The van der Waals surface area contributed by atoms with Crippen LogP contribution in [0.1, 0.15) is 25.6 Å². The number of carboxylic acids is 1. The third-order valence-electron chi connectivity index (χ3n) is 6.17. The molecule has 4 aromatic carbocycles. The van der Waals surface area contributed by atoms with Crippen molar-refractivity contribution in [2.24, 2.45) is 0 Å². The standard InChI is InChI=1S/C32H26N2O2.CH4/c1-2-28-31(24-13-5-3-6-14-24)32(25-15-7-4-8-16-25)33-34(28)29-19-10-9-18-27(29)26-17-11-12-23(22-26)20-21-30(35)36;/h3-22H,2H2,1H3,(H,35,36);1H4/b21-20+;. The van der Waals surface area contributed by atoms with Gasteiger partial charge in [0.2, 0.25) is 0 Å². The molecule has 0 atom stereocenters. The molecular formula is C33H30N2O2. The molecule has 0 bridgehead atoms. The number of para-hydroxylation sites is 1. The molecule has 1 N–H and O–H groups in total. The van der Waals surface area contributed by atoms with E-state index in [1.54, 1.807) is 6.08 Å². The number of rotatable bonds is 7. The highest BCUT2D eigenvalue weighted by Crippen LogP contribution is 2.38. The van der Waals surface area contributed by atoms with E-state index in [2.05, 4.69) is 60.1 Å². The molecule has 0 aliphatic heterocycles. The average molecular weight is 487 g/mol. The van der Waals surface area contributed by atoms with Crippen LogP contribution in [0, 0.1) is 0 Å². The Kier molecular flexibility index (Phi) is 7.80. The number of nitrogens with zero attached hydrogens (tertiary/aromatic N) is 2. The van der Waals surface area contributed by atoms with E-state index in [-0.39, 0.29) is 7.43 Å². The summed E-state index contributed by atoms with van der Waals surface area (Å²) in [4.78, 5) is 11.0. The van der Waals surface area contributed by atoms with Crippen molar-refractivity contribution < 1.29 is 9.90 Å². The van der Waals surface area contributed by atoms with E-state index in [9.17, 15) is 4.79 Å². The Bertz CT molecular complexity index is 1530. The first-order chi connectivity index (χ1) is 17.7. The van der Waals surface area contributed by atoms with E-state index in [1.807, 2.05) is 60.7 Å². The van der Waals surface area contributed by atoms with Gasteiger partial charge in [-0.15, -0.1) is 0 Å².